The highest BCUT2D eigenvalue weighted by atomic mass is 16.3. The summed E-state index contributed by atoms with van der Waals surface area (Å²) in [4.78, 5) is 16.9. The van der Waals surface area contributed by atoms with E-state index < -0.39 is 0 Å². The molecule has 2 aliphatic rings. The van der Waals surface area contributed by atoms with Crippen LogP contribution in [0, 0.1) is 5.92 Å². The van der Waals surface area contributed by atoms with Gasteiger partial charge in [0.2, 0.25) is 5.91 Å². The average Bonchev–Trinajstić information content (AvgIpc) is 2.49. The first-order chi connectivity index (χ1) is 10.1. The molecule has 4 heteroatoms. The van der Waals surface area contributed by atoms with Gasteiger partial charge in [0.1, 0.15) is 0 Å². The summed E-state index contributed by atoms with van der Waals surface area (Å²) in [6.07, 6.45) is 9.15. The van der Waals surface area contributed by atoms with E-state index in [0.717, 1.165) is 38.1 Å². The van der Waals surface area contributed by atoms with Gasteiger partial charge in [-0.25, -0.2) is 0 Å². The van der Waals surface area contributed by atoms with Crippen LogP contribution in [-0.4, -0.2) is 59.6 Å². The van der Waals surface area contributed by atoms with E-state index in [1.54, 1.807) is 0 Å². The van der Waals surface area contributed by atoms with Gasteiger partial charge in [-0.3, -0.25) is 9.69 Å². The summed E-state index contributed by atoms with van der Waals surface area (Å²) in [7, 11) is 1.98. The van der Waals surface area contributed by atoms with Crippen molar-refractivity contribution in [2.75, 3.05) is 26.7 Å². The van der Waals surface area contributed by atoms with Crippen molar-refractivity contribution < 1.29 is 9.90 Å². The standard InChI is InChI=1S/C17H32N2O2/c1-14-6-8-15(9-7-14)18(2)17(21)13-19-11-4-3-5-16(19)10-12-20/h14-16,20H,3-13H2,1-2H3. The largest absolute Gasteiger partial charge is 0.396 e. The fourth-order valence-corrected chi connectivity index (χ4v) is 3.86. The van der Waals surface area contributed by atoms with Crippen LogP contribution in [-0.2, 0) is 4.79 Å². The Bertz CT molecular complexity index is 325. The van der Waals surface area contributed by atoms with Gasteiger partial charge in [0.15, 0.2) is 0 Å². The molecular formula is C17H32N2O2. The monoisotopic (exact) mass is 296 g/mol. The predicted molar refractivity (Wildman–Crippen MR) is 85.1 cm³/mol. The molecule has 0 bridgehead atoms. The van der Waals surface area contributed by atoms with Crippen molar-refractivity contribution in [1.29, 1.82) is 0 Å². The van der Waals surface area contributed by atoms with Crippen molar-refractivity contribution >= 4 is 5.91 Å². The SMILES string of the molecule is CC1CCC(N(C)C(=O)CN2CCCCC2CCO)CC1. The highest BCUT2D eigenvalue weighted by Gasteiger charge is 2.28. The van der Waals surface area contributed by atoms with Gasteiger partial charge < -0.3 is 10.0 Å². The number of rotatable bonds is 5. The Labute approximate surface area is 129 Å². The number of likely N-dealkylation sites (N-methyl/N-ethyl adjacent to an activating group) is 1. The van der Waals surface area contributed by atoms with Gasteiger partial charge in [-0.15, -0.1) is 0 Å². The van der Waals surface area contributed by atoms with Gasteiger partial charge in [-0.2, -0.15) is 0 Å². The minimum absolute atomic E-state index is 0.228. The Hall–Kier alpha value is -0.610. The zero-order chi connectivity index (χ0) is 15.2. The molecule has 4 nitrogen and oxygen atoms in total. The third kappa shape index (κ3) is 4.68. The minimum atomic E-state index is 0.228. The topological polar surface area (TPSA) is 43.8 Å². The van der Waals surface area contributed by atoms with E-state index >= 15 is 0 Å². The molecule has 1 aliphatic heterocycles. The smallest absolute Gasteiger partial charge is 0.236 e. The lowest BCUT2D eigenvalue weighted by atomic mass is 9.87. The zero-order valence-corrected chi connectivity index (χ0v) is 13.8. The average molecular weight is 296 g/mol. The number of aliphatic hydroxyl groups is 1. The van der Waals surface area contributed by atoms with E-state index in [4.69, 9.17) is 0 Å². The van der Waals surface area contributed by atoms with Crippen LogP contribution in [0.25, 0.3) is 0 Å². The second kappa shape index (κ2) is 8.14. The molecule has 2 fully saturated rings. The van der Waals surface area contributed by atoms with Gasteiger partial charge in [0.05, 0.1) is 6.54 Å². The Morgan fingerprint density at radius 2 is 1.90 bits per heavy atom. The second-order valence-electron chi connectivity index (χ2n) is 7.05. The third-order valence-corrected chi connectivity index (χ3v) is 5.48. The Kier molecular flexibility index (Phi) is 6.49. The van der Waals surface area contributed by atoms with Gasteiger partial charge in [-0.05, 0) is 57.4 Å². The first-order valence-electron chi connectivity index (χ1n) is 8.72. The molecule has 1 unspecified atom stereocenters. The molecule has 1 N–H and O–H groups in total. The number of amides is 1. The van der Waals surface area contributed by atoms with Crippen molar-refractivity contribution in [2.45, 2.75) is 70.4 Å². The van der Waals surface area contributed by atoms with Crippen LogP contribution in [0.5, 0.6) is 0 Å². The third-order valence-electron chi connectivity index (χ3n) is 5.48. The normalized spacial score (nSPS) is 31.1. The van der Waals surface area contributed by atoms with E-state index in [-0.39, 0.29) is 12.5 Å². The molecule has 1 saturated carbocycles. The maximum Gasteiger partial charge on any atom is 0.236 e. The molecule has 0 aromatic rings. The van der Waals surface area contributed by atoms with E-state index in [9.17, 15) is 9.90 Å². The summed E-state index contributed by atoms with van der Waals surface area (Å²) in [6, 6.07) is 0.835. The molecule has 0 radical (unpaired) electrons. The first-order valence-corrected chi connectivity index (χ1v) is 8.72. The lowest BCUT2D eigenvalue weighted by Crippen LogP contribution is -2.49. The molecule has 122 valence electrons. The molecule has 2 rings (SSSR count). The molecular weight excluding hydrogens is 264 g/mol. The maximum absolute atomic E-state index is 12.6. The number of likely N-dealkylation sites (tertiary alicyclic amines) is 1. The van der Waals surface area contributed by atoms with Crippen molar-refractivity contribution in [3.63, 3.8) is 0 Å². The summed E-state index contributed by atoms with van der Waals surface area (Å²) in [6.45, 7) is 4.08. The van der Waals surface area contributed by atoms with Crippen molar-refractivity contribution in [3.05, 3.63) is 0 Å². The summed E-state index contributed by atoms with van der Waals surface area (Å²) in [5, 5.41) is 9.19. The zero-order valence-electron chi connectivity index (χ0n) is 13.8. The summed E-state index contributed by atoms with van der Waals surface area (Å²) < 4.78 is 0. The van der Waals surface area contributed by atoms with Crippen LogP contribution in [0.1, 0.15) is 58.3 Å². The quantitative estimate of drug-likeness (QED) is 0.846. The van der Waals surface area contributed by atoms with Crippen molar-refractivity contribution in [1.82, 2.24) is 9.80 Å². The minimum Gasteiger partial charge on any atom is -0.396 e. The van der Waals surface area contributed by atoms with Gasteiger partial charge >= 0.3 is 0 Å². The molecule has 1 saturated heterocycles. The fourth-order valence-electron chi connectivity index (χ4n) is 3.86. The highest BCUT2D eigenvalue weighted by Crippen LogP contribution is 2.27. The Morgan fingerprint density at radius 1 is 1.19 bits per heavy atom. The molecule has 0 aromatic heterocycles. The van der Waals surface area contributed by atoms with Crippen LogP contribution >= 0.6 is 0 Å². The lowest BCUT2D eigenvalue weighted by molar-refractivity contribution is -0.135. The van der Waals surface area contributed by atoms with Crippen LogP contribution in [0.2, 0.25) is 0 Å². The predicted octanol–water partition coefficient (Wildman–Crippen LogP) is 2.26. The number of aliphatic hydroxyl groups excluding tert-OH is 1. The van der Waals surface area contributed by atoms with E-state index in [1.807, 2.05) is 11.9 Å². The molecule has 1 atom stereocenters. The number of piperidine rings is 1. The van der Waals surface area contributed by atoms with E-state index in [0.29, 0.717) is 18.6 Å². The number of hydrogen-bond acceptors (Lipinski definition) is 3. The summed E-state index contributed by atoms with van der Waals surface area (Å²) in [5.74, 6) is 1.08. The Morgan fingerprint density at radius 3 is 2.57 bits per heavy atom. The summed E-state index contributed by atoms with van der Waals surface area (Å²) in [5.41, 5.74) is 0. The van der Waals surface area contributed by atoms with Crippen LogP contribution in [0.3, 0.4) is 0 Å². The van der Waals surface area contributed by atoms with Crippen molar-refractivity contribution in [2.24, 2.45) is 5.92 Å². The van der Waals surface area contributed by atoms with Crippen LogP contribution in [0.4, 0.5) is 0 Å². The van der Waals surface area contributed by atoms with E-state index in [1.165, 1.54) is 25.7 Å². The number of nitrogens with zero attached hydrogens (tertiary/aromatic N) is 2. The van der Waals surface area contributed by atoms with Crippen molar-refractivity contribution in [3.8, 4) is 0 Å². The second-order valence-corrected chi connectivity index (χ2v) is 7.05. The van der Waals surface area contributed by atoms with Crippen LogP contribution in [0.15, 0.2) is 0 Å². The van der Waals surface area contributed by atoms with Gasteiger partial charge in [0.25, 0.3) is 0 Å². The van der Waals surface area contributed by atoms with Crippen LogP contribution < -0.4 is 0 Å². The number of carbonyl (C=O) groups excluding carboxylic acids is 1. The first kappa shape index (κ1) is 16.8. The van der Waals surface area contributed by atoms with Gasteiger partial charge in [0, 0.05) is 25.7 Å². The maximum atomic E-state index is 12.6. The molecule has 1 heterocycles. The molecule has 1 aliphatic carbocycles. The molecule has 0 spiro atoms. The van der Waals surface area contributed by atoms with Gasteiger partial charge in [-0.1, -0.05) is 13.3 Å². The van der Waals surface area contributed by atoms with E-state index in [2.05, 4.69) is 11.8 Å². The molecule has 1 amide bonds. The molecule has 0 aromatic carbocycles. The number of hydrogen-bond donors (Lipinski definition) is 1. The summed E-state index contributed by atoms with van der Waals surface area (Å²) >= 11 is 0. The highest BCUT2D eigenvalue weighted by molar-refractivity contribution is 5.78. The Balaban J connectivity index is 1.84. The fraction of sp³-hybridized carbons (Fsp3) is 0.941. The lowest BCUT2D eigenvalue weighted by Gasteiger charge is -2.38. The molecule has 21 heavy (non-hydrogen) atoms. The number of carbonyl (C=O) groups is 1.